The van der Waals surface area contributed by atoms with E-state index in [0.717, 1.165) is 5.56 Å². The lowest BCUT2D eigenvalue weighted by molar-refractivity contribution is -0.139. The van der Waals surface area contributed by atoms with Crippen LogP contribution in [0.3, 0.4) is 0 Å². The minimum Gasteiger partial charge on any atom is -0.385 e. The molecule has 0 heterocycles. The largest absolute Gasteiger partial charge is 0.385 e. The third-order valence-corrected chi connectivity index (χ3v) is 2.59. The van der Waals surface area contributed by atoms with Crippen molar-refractivity contribution in [3.8, 4) is 0 Å². The Labute approximate surface area is 117 Å². The lowest BCUT2D eigenvalue weighted by atomic mass is 10.2. The Kier molecular flexibility index (Phi) is 6.92. The number of methoxy groups -OCH3 is 1. The summed E-state index contributed by atoms with van der Waals surface area (Å²) in [5.41, 5.74) is 0.841. The second kappa shape index (κ2) is 8.50. The topological polar surface area (TPSA) is 67.4 Å². The van der Waals surface area contributed by atoms with Gasteiger partial charge in [-0.1, -0.05) is 23.7 Å². The first kappa shape index (κ1) is 15.5. The number of benzene rings is 1. The van der Waals surface area contributed by atoms with Gasteiger partial charge in [0.05, 0.1) is 0 Å². The summed E-state index contributed by atoms with van der Waals surface area (Å²) >= 11 is 5.82. The molecule has 0 aromatic heterocycles. The van der Waals surface area contributed by atoms with Gasteiger partial charge in [-0.15, -0.1) is 0 Å². The number of rotatable bonds is 6. The van der Waals surface area contributed by atoms with Crippen molar-refractivity contribution in [2.45, 2.75) is 13.0 Å². The van der Waals surface area contributed by atoms with Gasteiger partial charge in [0.2, 0.25) is 0 Å². The van der Waals surface area contributed by atoms with Crippen molar-refractivity contribution in [1.29, 1.82) is 0 Å². The van der Waals surface area contributed by atoms with E-state index >= 15 is 0 Å². The molecule has 0 aliphatic carbocycles. The second-order valence-corrected chi connectivity index (χ2v) is 4.35. The van der Waals surface area contributed by atoms with Crippen molar-refractivity contribution in [3.63, 3.8) is 0 Å². The van der Waals surface area contributed by atoms with Gasteiger partial charge in [0.1, 0.15) is 0 Å². The van der Waals surface area contributed by atoms with E-state index in [-0.39, 0.29) is 6.54 Å². The minimum absolute atomic E-state index is 0.269. The Morgan fingerprint density at radius 1 is 1.26 bits per heavy atom. The maximum atomic E-state index is 11.5. The van der Waals surface area contributed by atoms with Crippen LogP contribution in [0.1, 0.15) is 12.0 Å². The van der Waals surface area contributed by atoms with Crippen molar-refractivity contribution in [3.05, 3.63) is 34.9 Å². The minimum atomic E-state index is -0.655. The van der Waals surface area contributed by atoms with Crippen LogP contribution in [0.4, 0.5) is 0 Å². The molecule has 0 aliphatic rings. The van der Waals surface area contributed by atoms with Crippen molar-refractivity contribution in [2.24, 2.45) is 0 Å². The predicted octanol–water partition coefficient (Wildman–Crippen LogP) is 1.11. The molecule has 0 saturated carbocycles. The first-order chi connectivity index (χ1) is 9.13. The number of hydrogen-bond acceptors (Lipinski definition) is 3. The third kappa shape index (κ3) is 6.22. The fraction of sp³-hybridized carbons (Fsp3) is 0.385. The molecular weight excluding hydrogens is 268 g/mol. The first-order valence-corrected chi connectivity index (χ1v) is 6.30. The fourth-order valence-corrected chi connectivity index (χ4v) is 1.62. The van der Waals surface area contributed by atoms with Crippen LogP contribution >= 0.6 is 11.6 Å². The second-order valence-electron chi connectivity index (χ2n) is 3.91. The summed E-state index contributed by atoms with van der Waals surface area (Å²) in [5.74, 6) is -1.30. The monoisotopic (exact) mass is 284 g/mol. The highest BCUT2D eigenvalue weighted by Gasteiger charge is 2.11. The Hall–Kier alpha value is -1.59. The van der Waals surface area contributed by atoms with Crippen LogP contribution in [0, 0.1) is 0 Å². The standard InChI is InChI=1S/C13H17ClN2O3/c1-19-7-3-6-15-12(17)13(18)16-9-10-4-2-5-11(14)8-10/h2,4-5,8H,3,6-7,9H2,1H3,(H,15,17)(H,16,18). The Balaban J connectivity index is 2.28. The summed E-state index contributed by atoms with van der Waals surface area (Å²) < 4.78 is 4.84. The summed E-state index contributed by atoms with van der Waals surface area (Å²) in [6.45, 7) is 1.23. The number of ether oxygens (including phenoxy) is 1. The summed E-state index contributed by atoms with van der Waals surface area (Å²) in [6, 6.07) is 7.09. The molecule has 0 fully saturated rings. The zero-order valence-corrected chi connectivity index (χ0v) is 11.5. The average molecular weight is 285 g/mol. The van der Waals surface area contributed by atoms with Gasteiger partial charge in [0, 0.05) is 31.8 Å². The lowest BCUT2D eigenvalue weighted by Gasteiger charge is -2.06. The summed E-state index contributed by atoms with van der Waals surface area (Å²) in [6.07, 6.45) is 0.670. The van der Waals surface area contributed by atoms with E-state index in [0.29, 0.717) is 24.6 Å². The van der Waals surface area contributed by atoms with E-state index < -0.39 is 11.8 Å². The molecule has 2 N–H and O–H groups in total. The van der Waals surface area contributed by atoms with E-state index in [4.69, 9.17) is 16.3 Å². The molecule has 0 radical (unpaired) electrons. The summed E-state index contributed by atoms with van der Waals surface area (Å²) in [4.78, 5) is 22.9. The highest BCUT2D eigenvalue weighted by Crippen LogP contribution is 2.09. The van der Waals surface area contributed by atoms with Gasteiger partial charge in [-0.2, -0.15) is 0 Å². The highest BCUT2D eigenvalue weighted by molar-refractivity contribution is 6.35. The smallest absolute Gasteiger partial charge is 0.309 e. The molecule has 5 nitrogen and oxygen atoms in total. The van der Waals surface area contributed by atoms with Gasteiger partial charge in [-0.3, -0.25) is 9.59 Å². The average Bonchev–Trinajstić information content (AvgIpc) is 2.41. The molecule has 0 atom stereocenters. The van der Waals surface area contributed by atoms with Gasteiger partial charge in [-0.25, -0.2) is 0 Å². The zero-order chi connectivity index (χ0) is 14.1. The number of nitrogens with one attached hydrogen (secondary N) is 2. The molecule has 1 rings (SSSR count). The van der Waals surface area contributed by atoms with E-state index in [1.165, 1.54) is 0 Å². The number of hydrogen-bond donors (Lipinski definition) is 2. The lowest BCUT2D eigenvalue weighted by Crippen LogP contribution is -2.40. The quantitative estimate of drug-likeness (QED) is 0.607. The van der Waals surface area contributed by atoms with Crippen molar-refractivity contribution >= 4 is 23.4 Å². The molecule has 0 spiro atoms. The van der Waals surface area contributed by atoms with Crippen molar-refractivity contribution < 1.29 is 14.3 Å². The van der Waals surface area contributed by atoms with Gasteiger partial charge >= 0.3 is 11.8 Å². The molecule has 19 heavy (non-hydrogen) atoms. The maximum Gasteiger partial charge on any atom is 0.309 e. The Bertz CT molecular complexity index is 438. The Morgan fingerprint density at radius 3 is 2.68 bits per heavy atom. The molecule has 1 aromatic rings. The van der Waals surface area contributed by atoms with Crippen LogP contribution < -0.4 is 10.6 Å². The normalized spacial score (nSPS) is 10.0. The predicted molar refractivity (Wildman–Crippen MR) is 72.8 cm³/mol. The third-order valence-electron chi connectivity index (χ3n) is 2.36. The SMILES string of the molecule is COCCCNC(=O)C(=O)NCc1cccc(Cl)c1. The summed E-state index contributed by atoms with van der Waals surface area (Å²) in [7, 11) is 1.58. The molecule has 0 unspecified atom stereocenters. The van der Waals surface area contributed by atoms with Gasteiger partial charge in [0.25, 0.3) is 0 Å². The molecule has 6 heteroatoms. The van der Waals surface area contributed by atoms with E-state index in [1.807, 2.05) is 6.07 Å². The molecule has 2 amide bonds. The van der Waals surface area contributed by atoms with Crippen molar-refractivity contribution in [1.82, 2.24) is 10.6 Å². The molecule has 104 valence electrons. The zero-order valence-electron chi connectivity index (χ0n) is 10.7. The molecular formula is C13H17ClN2O3. The van der Waals surface area contributed by atoms with Crippen LogP contribution in [0.25, 0.3) is 0 Å². The number of carbonyl (C=O) groups excluding carboxylic acids is 2. The highest BCUT2D eigenvalue weighted by atomic mass is 35.5. The molecule has 1 aromatic carbocycles. The number of amides is 2. The van der Waals surface area contributed by atoms with E-state index in [9.17, 15) is 9.59 Å². The number of carbonyl (C=O) groups is 2. The van der Waals surface area contributed by atoms with Crippen LogP contribution in [-0.2, 0) is 20.9 Å². The van der Waals surface area contributed by atoms with Crippen molar-refractivity contribution in [2.75, 3.05) is 20.3 Å². The molecule has 0 saturated heterocycles. The van der Waals surface area contributed by atoms with Gasteiger partial charge in [-0.05, 0) is 24.1 Å². The van der Waals surface area contributed by atoms with Gasteiger partial charge in [0.15, 0.2) is 0 Å². The van der Waals surface area contributed by atoms with Crippen LogP contribution in [0.2, 0.25) is 5.02 Å². The molecule has 0 aliphatic heterocycles. The van der Waals surface area contributed by atoms with Crippen LogP contribution in [0.15, 0.2) is 24.3 Å². The van der Waals surface area contributed by atoms with Crippen LogP contribution in [0.5, 0.6) is 0 Å². The fourth-order valence-electron chi connectivity index (χ4n) is 1.41. The Morgan fingerprint density at radius 2 is 2.00 bits per heavy atom. The maximum absolute atomic E-state index is 11.5. The van der Waals surface area contributed by atoms with Gasteiger partial charge < -0.3 is 15.4 Å². The molecule has 0 bridgehead atoms. The van der Waals surface area contributed by atoms with E-state index in [1.54, 1.807) is 25.3 Å². The summed E-state index contributed by atoms with van der Waals surface area (Å²) in [5, 5.41) is 5.63. The number of halogens is 1. The first-order valence-electron chi connectivity index (χ1n) is 5.93. The van der Waals surface area contributed by atoms with Crippen LogP contribution in [-0.4, -0.2) is 32.1 Å². The van der Waals surface area contributed by atoms with E-state index in [2.05, 4.69) is 10.6 Å².